The second-order valence-corrected chi connectivity index (χ2v) is 3.57. The molecule has 0 aromatic heterocycles. The zero-order valence-electron chi connectivity index (χ0n) is 8.83. The van der Waals surface area contributed by atoms with Crippen molar-refractivity contribution in [2.24, 2.45) is 0 Å². The number of fused-ring (bicyclic) bond motifs is 1. The fraction of sp³-hybridized carbons (Fsp3) is 0.143. The van der Waals surface area contributed by atoms with E-state index >= 15 is 0 Å². The van der Waals surface area contributed by atoms with E-state index in [9.17, 15) is 5.11 Å². The number of aryl methyl sites for hydroxylation is 1. The minimum absolute atomic E-state index is 0.331. The molecule has 0 radical (unpaired) electrons. The maximum atomic E-state index is 9.86. The highest BCUT2D eigenvalue weighted by Crippen LogP contribution is 2.31. The van der Waals surface area contributed by atoms with Crippen molar-refractivity contribution in [3.05, 3.63) is 48.0 Å². The summed E-state index contributed by atoms with van der Waals surface area (Å²) in [5, 5.41) is 11.8. The fourth-order valence-electron chi connectivity index (χ4n) is 1.97. The van der Waals surface area contributed by atoms with E-state index in [1.807, 2.05) is 24.3 Å². The lowest BCUT2D eigenvalue weighted by Crippen LogP contribution is -1.88. The monoisotopic (exact) mass is 198 g/mol. The molecule has 0 saturated carbocycles. The summed E-state index contributed by atoms with van der Waals surface area (Å²) in [6.45, 7) is 5.92. The van der Waals surface area contributed by atoms with Crippen LogP contribution in [0.25, 0.3) is 16.8 Å². The van der Waals surface area contributed by atoms with Gasteiger partial charge in [-0.05, 0) is 29.0 Å². The van der Waals surface area contributed by atoms with Gasteiger partial charge in [-0.15, -0.1) is 0 Å². The molecule has 2 rings (SSSR count). The minimum Gasteiger partial charge on any atom is -0.507 e. The highest BCUT2D eigenvalue weighted by molar-refractivity contribution is 5.96. The highest BCUT2D eigenvalue weighted by atomic mass is 16.3. The Morgan fingerprint density at radius 1 is 1.27 bits per heavy atom. The number of phenols is 1. The van der Waals surface area contributed by atoms with Gasteiger partial charge >= 0.3 is 0 Å². The molecule has 0 unspecified atom stereocenters. The van der Waals surface area contributed by atoms with Crippen LogP contribution in [0.5, 0.6) is 5.75 Å². The van der Waals surface area contributed by atoms with Gasteiger partial charge < -0.3 is 5.11 Å². The van der Waals surface area contributed by atoms with E-state index in [-0.39, 0.29) is 0 Å². The third-order valence-electron chi connectivity index (χ3n) is 2.74. The highest BCUT2D eigenvalue weighted by Gasteiger charge is 2.06. The van der Waals surface area contributed by atoms with Crippen LogP contribution < -0.4 is 0 Å². The lowest BCUT2D eigenvalue weighted by Gasteiger charge is -2.09. The van der Waals surface area contributed by atoms with Crippen molar-refractivity contribution >= 4 is 16.8 Å². The average molecular weight is 198 g/mol. The van der Waals surface area contributed by atoms with Crippen LogP contribution in [-0.2, 0) is 6.42 Å². The predicted octanol–water partition coefficient (Wildman–Crippen LogP) is 3.75. The molecular weight excluding hydrogens is 184 g/mol. The molecule has 0 bridgehead atoms. The molecule has 0 saturated heterocycles. The molecule has 15 heavy (non-hydrogen) atoms. The summed E-state index contributed by atoms with van der Waals surface area (Å²) in [7, 11) is 0. The van der Waals surface area contributed by atoms with Gasteiger partial charge in [-0.2, -0.15) is 0 Å². The van der Waals surface area contributed by atoms with Gasteiger partial charge in [-0.25, -0.2) is 0 Å². The normalized spacial score (nSPS) is 10.5. The molecule has 0 aliphatic heterocycles. The Morgan fingerprint density at radius 3 is 2.73 bits per heavy atom. The van der Waals surface area contributed by atoms with Crippen molar-refractivity contribution < 1.29 is 5.11 Å². The van der Waals surface area contributed by atoms with Gasteiger partial charge in [-0.1, -0.05) is 43.8 Å². The number of hydrogen-bond donors (Lipinski definition) is 1. The van der Waals surface area contributed by atoms with Gasteiger partial charge in [0.05, 0.1) is 0 Å². The first-order valence-electron chi connectivity index (χ1n) is 5.14. The summed E-state index contributed by atoms with van der Waals surface area (Å²) in [4.78, 5) is 0. The first-order chi connectivity index (χ1) is 7.27. The molecule has 0 heterocycles. The van der Waals surface area contributed by atoms with E-state index in [4.69, 9.17) is 0 Å². The maximum Gasteiger partial charge on any atom is 0.124 e. The van der Waals surface area contributed by atoms with Crippen molar-refractivity contribution in [2.45, 2.75) is 13.3 Å². The van der Waals surface area contributed by atoms with Gasteiger partial charge in [0.25, 0.3) is 0 Å². The standard InChI is InChI=1S/C14H14O/c1-3-10-8-9-11-6-5-7-13(15)14(11)12(10)4-2/h4-9,15H,2-3H2,1H3. The zero-order valence-corrected chi connectivity index (χ0v) is 8.83. The molecule has 2 aromatic carbocycles. The van der Waals surface area contributed by atoms with E-state index in [2.05, 4.69) is 19.6 Å². The minimum atomic E-state index is 0.331. The van der Waals surface area contributed by atoms with Crippen LogP contribution in [0.1, 0.15) is 18.1 Å². The molecule has 2 aromatic rings. The Morgan fingerprint density at radius 2 is 2.07 bits per heavy atom. The third kappa shape index (κ3) is 1.50. The Bertz CT molecular complexity index is 512. The van der Waals surface area contributed by atoms with Gasteiger partial charge in [0, 0.05) is 5.39 Å². The van der Waals surface area contributed by atoms with Gasteiger partial charge in [0.2, 0.25) is 0 Å². The second kappa shape index (κ2) is 3.77. The summed E-state index contributed by atoms with van der Waals surface area (Å²) in [6, 6.07) is 9.71. The molecule has 1 heteroatoms. The summed E-state index contributed by atoms with van der Waals surface area (Å²) in [6.07, 6.45) is 2.77. The average Bonchev–Trinajstić information content (AvgIpc) is 2.28. The Kier molecular flexibility index (Phi) is 2.46. The van der Waals surface area contributed by atoms with E-state index in [1.165, 1.54) is 5.56 Å². The molecule has 1 nitrogen and oxygen atoms in total. The SMILES string of the molecule is C=Cc1c(CC)ccc2cccc(O)c12. The van der Waals surface area contributed by atoms with Gasteiger partial charge in [0.1, 0.15) is 5.75 Å². The van der Waals surface area contributed by atoms with E-state index in [1.54, 1.807) is 6.07 Å². The third-order valence-corrected chi connectivity index (χ3v) is 2.74. The lowest BCUT2D eigenvalue weighted by atomic mass is 9.97. The number of aromatic hydroxyl groups is 1. The fourth-order valence-corrected chi connectivity index (χ4v) is 1.97. The van der Waals surface area contributed by atoms with Crippen LogP contribution in [0, 0.1) is 0 Å². The summed E-state index contributed by atoms with van der Waals surface area (Å²) < 4.78 is 0. The van der Waals surface area contributed by atoms with E-state index < -0.39 is 0 Å². The molecule has 1 N–H and O–H groups in total. The van der Waals surface area contributed by atoms with Crippen LogP contribution in [-0.4, -0.2) is 5.11 Å². The number of hydrogen-bond acceptors (Lipinski definition) is 1. The van der Waals surface area contributed by atoms with E-state index in [0.29, 0.717) is 5.75 Å². The number of benzene rings is 2. The van der Waals surface area contributed by atoms with Crippen molar-refractivity contribution in [3.63, 3.8) is 0 Å². The molecule has 76 valence electrons. The smallest absolute Gasteiger partial charge is 0.124 e. The summed E-state index contributed by atoms with van der Waals surface area (Å²) >= 11 is 0. The molecule has 0 aliphatic carbocycles. The first kappa shape index (κ1) is 9.78. The largest absolute Gasteiger partial charge is 0.507 e. The van der Waals surface area contributed by atoms with Crippen molar-refractivity contribution in [1.29, 1.82) is 0 Å². The quantitative estimate of drug-likeness (QED) is 0.779. The summed E-state index contributed by atoms with van der Waals surface area (Å²) in [5.74, 6) is 0.331. The number of rotatable bonds is 2. The Hall–Kier alpha value is -1.76. The molecule has 0 atom stereocenters. The maximum absolute atomic E-state index is 9.86. The zero-order chi connectivity index (χ0) is 10.8. The molecule has 0 fully saturated rings. The Balaban J connectivity index is 2.91. The van der Waals surface area contributed by atoms with Crippen LogP contribution >= 0.6 is 0 Å². The first-order valence-corrected chi connectivity index (χ1v) is 5.14. The molecule has 0 aliphatic rings. The van der Waals surface area contributed by atoms with Crippen LogP contribution in [0.15, 0.2) is 36.9 Å². The summed E-state index contributed by atoms with van der Waals surface area (Å²) in [5.41, 5.74) is 2.27. The number of phenolic OH excluding ortho intramolecular Hbond substituents is 1. The van der Waals surface area contributed by atoms with Crippen LogP contribution in [0.2, 0.25) is 0 Å². The molecular formula is C14H14O. The van der Waals surface area contributed by atoms with Crippen molar-refractivity contribution in [3.8, 4) is 5.75 Å². The van der Waals surface area contributed by atoms with Gasteiger partial charge in [0.15, 0.2) is 0 Å². The van der Waals surface area contributed by atoms with Crippen molar-refractivity contribution in [2.75, 3.05) is 0 Å². The molecule has 0 spiro atoms. The van der Waals surface area contributed by atoms with Crippen molar-refractivity contribution in [1.82, 2.24) is 0 Å². The van der Waals surface area contributed by atoms with Crippen LogP contribution in [0.4, 0.5) is 0 Å². The Labute approximate surface area is 89.7 Å². The van der Waals surface area contributed by atoms with Crippen LogP contribution in [0.3, 0.4) is 0 Å². The van der Waals surface area contributed by atoms with E-state index in [0.717, 1.165) is 22.8 Å². The van der Waals surface area contributed by atoms with Gasteiger partial charge in [-0.3, -0.25) is 0 Å². The topological polar surface area (TPSA) is 20.2 Å². The molecule has 0 amide bonds. The second-order valence-electron chi connectivity index (χ2n) is 3.57. The lowest BCUT2D eigenvalue weighted by molar-refractivity contribution is 0.481. The predicted molar refractivity (Wildman–Crippen MR) is 65.1 cm³/mol.